The first-order chi connectivity index (χ1) is 23.9. The molecule has 6 rings (SSSR count). The number of hydrogen-bond donors (Lipinski definition) is 3. The third-order valence-corrected chi connectivity index (χ3v) is 8.81. The predicted octanol–water partition coefficient (Wildman–Crippen LogP) is 5.51. The minimum Gasteiger partial charge on any atom is -0.494 e. The molecule has 50 heavy (non-hydrogen) atoms. The number of aliphatic hydroxyl groups excluding tert-OH is 1. The number of benzene rings is 2. The Bertz CT molecular complexity index is 1960. The number of hydrogen-bond acceptors (Lipinski definition) is 10. The number of halogens is 4. The van der Waals surface area contributed by atoms with E-state index in [-0.39, 0.29) is 36.5 Å². The van der Waals surface area contributed by atoms with Crippen LogP contribution in [0.25, 0.3) is 22.4 Å². The summed E-state index contributed by atoms with van der Waals surface area (Å²) in [6.45, 7) is 4.58. The molecule has 5 aromatic rings. The van der Waals surface area contributed by atoms with Crippen molar-refractivity contribution < 1.29 is 32.1 Å². The van der Waals surface area contributed by atoms with E-state index >= 15 is 4.39 Å². The van der Waals surface area contributed by atoms with Gasteiger partial charge in [-0.25, -0.2) is 32.5 Å². The zero-order chi connectivity index (χ0) is 35.6. The number of nitrogens with one attached hydrogen (secondary N) is 1. The number of aliphatic hydroxyl groups is 1. The quantitative estimate of drug-likeness (QED) is 0.113. The van der Waals surface area contributed by atoms with E-state index in [9.17, 15) is 18.3 Å². The third kappa shape index (κ3) is 7.34. The second kappa shape index (κ2) is 14.2. The van der Waals surface area contributed by atoms with Gasteiger partial charge in [0.2, 0.25) is 0 Å². The number of aromatic nitrogens is 5. The summed E-state index contributed by atoms with van der Waals surface area (Å²) in [6, 6.07) is 13.3. The maximum absolute atomic E-state index is 15.2. The Kier molecular flexibility index (Phi) is 9.91. The Labute approximate surface area is 286 Å². The van der Waals surface area contributed by atoms with Crippen LogP contribution in [0.3, 0.4) is 0 Å². The molecule has 264 valence electrons. The Morgan fingerprint density at radius 3 is 2.58 bits per heavy atom. The number of rotatable bonds is 12. The maximum Gasteiger partial charge on any atom is 0.265 e. The first kappa shape index (κ1) is 35.0. The standard InChI is InChI=1S/C35H38F4N8O3/c1-34(2,50-17-21-8-5-4-6-9-21)45-32-29-33(43-19-42-32)47(20-44-29)16-22-12-26(23-13-25(37)28(49-3)14-24(23)36)41-15-27(22)46-11-7-10-35(40,18-46)30(48)31(38)39/h4-6,8-9,12-15,19-20,30-31,48H,7,10-11,16-18,40H2,1-3H3,(H,42,43,45)/t30-,35-/m1/s1. The summed E-state index contributed by atoms with van der Waals surface area (Å²) in [5.74, 6) is -1.34. The van der Waals surface area contributed by atoms with Crippen molar-refractivity contribution in [3.63, 3.8) is 0 Å². The molecule has 0 spiro atoms. The molecule has 11 nitrogen and oxygen atoms in total. The van der Waals surface area contributed by atoms with Gasteiger partial charge in [0.25, 0.3) is 6.43 Å². The molecule has 0 aliphatic carbocycles. The molecular weight excluding hydrogens is 656 g/mol. The molecule has 2 atom stereocenters. The zero-order valence-corrected chi connectivity index (χ0v) is 27.8. The molecule has 0 amide bonds. The highest BCUT2D eigenvalue weighted by atomic mass is 19.3. The highest BCUT2D eigenvalue weighted by Crippen LogP contribution is 2.35. The van der Waals surface area contributed by atoms with Gasteiger partial charge in [0.1, 0.15) is 24.0 Å². The van der Waals surface area contributed by atoms with E-state index in [1.54, 1.807) is 21.9 Å². The summed E-state index contributed by atoms with van der Waals surface area (Å²) in [4.78, 5) is 19.7. The second-order valence-corrected chi connectivity index (χ2v) is 12.9. The van der Waals surface area contributed by atoms with Crippen LogP contribution in [-0.4, -0.2) is 73.6 Å². The number of fused-ring (bicyclic) bond motifs is 1. The molecular formula is C35H38F4N8O3. The number of nitrogens with zero attached hydrogens (tertiary/aromatic N) is 6. The molecule has 15 heteroatoms. The molecule has 0 bridgehead atoms. The predicted molar refractivity (Wildman–Crippen MR) is 180 cm³/mol. The van der Waals surface area contributed by atoms with Gasteiger partial charge in [-0.3, -0.25) is 4.98 Å². The van der Waals surface area contributed by atoms with Crippen molar-refractivity contribution >= 4 is 22.7 Å². The van der Waals surface area contributed by atoms with Crippen LogP contribution in [0.15, 0.2) is 67.4 Å². The van der Waals surface area contributed by atoms with E-state index in [2.05, 4.69) is 25.3 Å². The zero-order valence-electron chi connectivity index (χ0n) is 27.8. The lowest BCUT2D eigenvalue weighted by atomic mass is 9.84. The SMILES string of the molecule is COc1cc(F)c(-c2cc(Cn3cnc4c(NC(C)(C)OCc5ccccc5)ncnc43)c(N3CCC[C@](N)([C@H](O)C(F)F)C3)cn2)cc1F. The van der Waals surface area contributed by atoms with Crippen LogP contribution in [0.4, 0.5) is 29.1 Å². The van der Waals surface area contributed by atoms with E-state index in [1.807, 2.05) is 44.2 Å². The third-order valence-electron chi connectivity index (χ3n) is 8.81. The lowest BCUT2D eigenvalue weighted by molar-refractivity contribution is -0.0529. The Balaban J connectivity index is 1.35. The van der Waals surface area contributed by atoms with Crippen LogP contribution in [-0.2, 0) is 17.9 Å². The molecule has 0 unspecified atom stereocenters. The van der Waals surface area contributed by atoms with E-state index in [0.29, 0.717) is 47.8 Å². The van der Waals surface area contributed by atoms with Crippen molar-refractivity contribution in [2.45, 2.75) is 63.6 Å². The average Bonchev–Trinajstić information content (AvgIpc) is 3.51. The fraction of sp³-hybridized carbons (Fsp3) is 0.371. The van der Waals surface area contributed by atoms with E-state index in [4.69, 9.17) is 15.2 Å². The number of imidazole rings is 1. The molecule has 2 aromatic carbocycles. The van der Waals surface area contributed by atoms with Crippen molar-refractivity contribution in [1.82, 2.24) is 24.5 Å². The molecule has 4 N–H and O–H groups in total. The van der Waals surface area contributed by atoms with Gasteiger partial charge in [0.15, 0.2) is 28.5 Å². The van der Waals surface area contributed by atoms with Gasteiger partial charge in [-0.2, -0.15) is 0 Å². The normalized spacial score (nSPS) is 17.4. The van der Waals surface area contributed by atoms with Gasteiger partial charge in [-0.05, 0) is 49.9 Å². The van der Waals surface area contributed by atoms with Crippen molar-refractivity contribution in [3.8, 4) is 17.0 Å². The summed E-state index contributed by atoms with van der Waals surface area (Å²) in [7, 11) is 1.24. The minimum atomic E-state index is -3.03. The van der Waals surface area contributed by atoms with Gasteiger partial charge in [-0.15, -0.1) is 0 Å². The lowest BCUT2D eigenvalue weighted by Gasteiger charge is -2.44. The van der Waals surface area contributed by atoms with Crippen LogP contribution < -0.4 is 20.7 Å². The van der Waals surface area contributed by atoms with Crippen molar-refractivity contribution in [2.24, 2.45) is 5.73 Å². The summed E-state index contributed by atoms with van der Waals surface area (Å²) >= 11 is 0. The van der Waals surface area contributed by atoms with Crippen molar-refractivity contribution in [1.29, 1.82) is 0 Å². The molecule has 4 heterocycles. The van der Waals surface area contributed by atoms with E-state index in [0.717, 1.165) is 17.7 Å². The Morgan fingerprint density at radius 2 is 1.84 bits per heavy atom. The topological polar surface area (TPSA) is 136 Å². The van der Waals surface area contributed by atoms with Crippen LogP contribution in [0.1, 0.15) is 37.8 Å². The highest BCUT2D eigenvalue weighted by Gasteiger charge is 2.43. The molecule has 0 saturated carbocycles. The van der Waals surface area contributed by atoms with Crippen molar-refractivity contribution in [3.05, 3.63) is 90.1 Å². The first-order valence-electron chi connectivity index (χ1n) is 16.0. The number of ether oxygens (including phenoxy) is 2. The van der Waals surface area contributed by atoms with Crippen LogP contribution in [0, 0.1) is 11.6 Å². The van der Waals surface area contributed by atoms with E-state index < -0.39 is 35.4 Å². The highest BCUT2D eigenvalue weighted by molar-refractivity contribution is 5.83. The average molecular weight is 695 g/mol. The molecule has 1 aliphatic rings. The van der Waals surface area contributed by atoms with Gasteiger partial charge in [-0.1, -0.05) is 30.3 Å². The lowest BCUT2D eigenvalue weighted by Crippen LogP contribution is -2.63. The largest absolute Gasteiger partial charge is 0.494 e. The number of piperidine rings is 1. The van der Waals surface area contributed by atoms with Gasteiger partial charge in [0, 0.05) is 24.7 Å². The minimum absolute atomic E-state index is 0.0863. The number of methoxy groups -OCH3 is 1. The monoisotopic (exact) mass is 694 g/mol. The van der Waals surface area contributed by atoms with Crippen LogP contribution in [0.2, 0.25) is 0 Å². The summed E-state index contributed by atoms with van der Waals surface area (Å²) in [6.07, 6.45) is -0.0115. The Morgan fingerprint density at radius 1 is 1.06 bits per heavy atom. The fourth-order valence-corrected chi connectivity index (χ4v) is 6.17. The van der Waals surface area contributed by atoms with Crippen LogP contribution in [0.5, 0.6) is 5.75 Å². The molecule has 3 aromatic heterocycles. The summed E-state index contributed by atoms with van der Waals surface area (Å²) in [5, 5.41) is 13.6. The summed E-state index contributed by atoms with van der Waals surface area (Å²) < 4.78 is 70.0. The maximum atomic E-state index is 15.2. The van der Waals surface area contributed by atoms with Gasteiger partial charge >= 0.3 is 0 Å². The Hall–Kier alpha value is -4.86. The molecule has 1 aliphatic heterocycles. The first-order valence-corrected chi connectivity index (χ1v) is 16.0. The van der Waals surface area contributed by atoms with Crippen LogP contribution >= 0.6 is 0 Å². The van der Waals surface area contributed by atoms with E-state index in [1.165, 1.54) is 19.6 Å². The molecule has 1 saturated heterocycles. The molecule has 1 fully saturated rings. The van der Waals surface area contributed by atoms with Gasteiger partial charge < -0.3 is 35.1 Å². The molecule has 0 radical (unpaired) electrons. The number of pyridine rings is 1. The smallest absolute Gasteiger partial charge is 0.265 e. The van der Waals surface area contributed by atoms with Gasteiger partial charge in [0.05, 0.1) is 49.7 Å². The van der Waals surface area contributed by atoms with Crippen molar-refractivity contribution in [2.75, 3.05) is 30.4 Å². The number of anilines is 2. The summed E-state index contributed by atoms with van der Waals surface area (Å²) in [5.41, 5.74) is 6.98. The number of nitrogens with two attached hydrogens (primary N) is 1. The second-order valence-electron chi connectivity index (χ2n) is 12.9. The fourth-order valence-electron chi connectivity index (χ4n) is 6.17. The number of alkyl halides is 2.